The van der Waals surface area contributed by atoms with Crippen LogP contribution in [0.15, 0.2) is 24.3 Å². The van der Waals surface area contributed by atoms with E-state index in [0.29, 0.717) is 30.5 Å². The molecular weight excluding hydrogens is 469 g/mol. The van der Waals surface area contributed by atoms with E-state index < -0.39 is 35.2 Å². The van der Waals surface area contributed by atoms with Gasteiger partial charge in [-0.3, -0.25) is 9.59 Å². The van der Waals surface area contributed by atoms with Crippen molar-refractivity contribution in [2.45, 2.75) is 65.2 Å². The maximum atomic E-state index is 13.0. The monoisotopic (exact) mass is 503 g/mol. The predicted molar refractivity (Wildman–Crippen MR) is 132 cm³/mol. The van der Waals surface area contributed by atoms with Crippen LogP contribution >= 0.6 is 23.2 Å². The standard InChI is InChI=1S/C23H35Cl2N3O5/c1-22(2,3)32-19(29)15-18(27-21(31)33-23(4,5)6)20(30)26-16-8-7-9-17(14-16)28(12-10-24)13-11-25/h7-9,14,18H,10-13,15H2,1-6H3,(H,26,30)(H,27,31). The first-order valence-corrected chi connectivity index (χ1v) is 11.8. The largest absolute Gasteiger partial charge is 0.460 e. The van der Waals surface area contributed by atoms with Crippen LogP contribution in [-0.4, -0.2) is 60.1 Å². The highest BCUT2D eigenvalue weighted by atomic mass is 35.5. The van der Waals surface area contributed by atoms with Gasteiger partial charge in [0, 0.05) is 36.2 Å². The van der Waals surface area contributed by atoms with Gasteiger partial charge in [0.1, 0.15) is 17.2 Å². The average molecular weight is 504 g/mol. The van der Waals surface area contributed by atoms with Gasteiger partial charge in [-0.05, 0) is 59.7 Å². The Bertz CT molecular complexity index is 770. The maximum absolute atomic E-state index is 13.0. The summed E-state index contributed by atoms with van der Waals surface area (Å²) in [5.41, 5.74) is -0.170. The van der Waals surface area contributed by atoms with Crippen LogP contribution in [0.2, 0.25) is 0 Å². The molecule has 0 radical (unpaired) electrons. The molecule has 1 unspecified atom stereocenters. The van der Waals surface area contributed by atoms with Crippen LogP contribution in [0.3, 0.4) is 0 Å². The second-order valence-electron chi connectivity index (χ2n) is 9.39. The van der Waals surface area contributed by atoms with E-state index in [1.807, 2.05) is 11.0 Å². The molecule has 8 nitrogen and oxygen atoms in total. The van der Waals surface area contributed by atoms with E-state index in [0.717, 1.165) is 5.69 Å². The van der Waals surface area contributed by atoms with Gasteiger partial charge in [-0.15, -0.1) is 23.2 Å². The number of ether oxygens (including phenoxy) is 2. The van der Waals surface area contributed by atoms with Crippen molar-refractivity contribution in [3.05, 3.63) is 24.3 Å². The topological polar surface area (TPSA) is 97.0 Å². The Balaban J connectivity index is 3.03. The van der Waals surface area contributed by atoms with Crippen LogP contribution < -0.4 is 15.5 Å². The highest BCUT2D eigenvalue weighted by Gasteiger charge is 2.29. The summed E-state index contributed by atoms with van der Waals surface area (Å²) in [7, 11) is 0. The molecule has 10 heteroatoms. The number of nitrogens with one attached hydrogen (secondary N) is 2. The SMILES string of the molecule is CC(C)(C)OC(=O)CC(NC(=O)OC(C)(C)C)C(=O)Nc1cccc(N(CCCl)CCCl)c1. The minimum Gasteiger partial charge on any atom is -0.460 e. The summed E-state index contributed by atoms with van der Waals surface area (Å²) in [4.78, 5) is 39.6. The van der Waals surface area contributed by atoms with Crippen LogP contribution in [0.25, 0.3) is 0 Å². The molecule has 0 aromatic heterocycles. The number of anilines is 2. The number of hydrogen-bond donors (Lipinski definition) is 2. The molecule has 0 spiro atoms. The van der Waals surface area contributed by atoms with Crippen molar-refractivity contribution in [1.29, 1.82) is 0 Å². The van der Waals surface area contributed by atoms with Crippen LogP contribution in [0.4, 0.5) is 16.2 Å². The second kappa shape index (κ2) is 12.9. The number of carbonyl (C=O) groups excluding carboxylic acids is 3. The molecule has 0 aliphatic carbocycles. The first-order valence-electron chi connectivity index (χ1n) is 10.7. The number of esters is 1. The van der Waals surface area contributed by atoms with Gasteiger partial charge in [-0.25, -0.2) is 4.79 Å². The Hall–Kier alpha value is -2.19. The zero-order valence-corrected chi connectivity index (χ0v) is 21.7. The summed E-state index contributed by atoms with van der Waals surface area (Å²) in [6, 6.07) is 5.95. The van der Waals surface area contributed by atoms with Crippen molar-refractivity contribution in [1.82, 2.24) is 5.32 Å². The molecule has 1 rings (SSSR count). The minimum atomic E-state index is -1.19. The third-order valence-corrected chi connectivity index (χ3v) is 4.32. The van der Waals surface area contributed by atoms with E-state index in [4.69, 9.17) is 32.7 Å². The fourth-order valence-electron chi connectivity index (χ4n) is 2.79. The zero-order valence-electron chi connectivity index (χ0n) is 20.2. The van der Waals surface area contributed by atoms with Gasteiger partial charge in [0.2, 0.25) is 5.91 Å². The van der Waals surface area contributed by atoms with Gasteiger partial charge in [-0.2, -0.15) is 0 Å². The number of amides is 2. The Labute approximate surface area is 206 Å². The van der Waals surface area contributed by atoms with Crippen LogP contribution in [0.5, 0.6) is 0 Å². The number of halogens is 2. The molecular formula is C23H35Cl2N3O5. The molecule has 0 saturated heterocycles. The first-order chi connectivity index (χ1) is 15.2. The van der Waals surface area contributed by atoms with Crippen molar-refractivity contribution < 1.29 is 23.9 Å². The summed E-state index contributed by atoms with van der Waals surface area (Å²) in [5, 5.41) is 5.22. The van der Waals surface area contributed by atoms with Crippen molar-refractivity contribution in [3.63, 3.8) is 0 Å². The smallest absolute Gasteiger partial charge is 0.408 e. The zero-order chi connectivity index (χ0) is 25.2. The Morgan fingerprint density at radius 3 is 2.06 bits per heavy atom. The molecule has 1 atom stereocenters. The molecule has 2 amide bonds. The highest BCUT2D eigenvalue weighted by Crippen LogP contribution is 2.20. The molecule has 0 aliphatic heterocycles. The molecule has 0 heterocycles. The Morgan fingerprint density at radius 2 is 1.55 bits per heavy atom. The van der Waals surface area contributed by atoms with Crippen LogP contribution in [0.1, 0.15) is 48.0 Å². The molecule has 1 aromatic carbocycles. The quantitative estimate of drug-likeness (QED) is 0.359. The van der Waals surface area contributed by atoms with E-state index in [2.05, 4.69) is 10.6 Å². The van der Waals surface area contributed by atoms with Crippen LogP contribution in [-0.2, 0) is 19.1 Å². The average Bonchev–Trinajstić information content (AvgIpc) is 2.64. The van der Waals surface area contributed by atoms with E-state index in [9.17, 15) is 14.4 Å². The lowest BCUT2D eigenvalue weighted by atomic mass is 10.1. The molecule has 2 N–H and O–H groups in total. The number of carbonyl (C=O) groups is 3. The number of hydrogen-bond acceptors (Lipinski definition) is 6. The third kappa shape index (κ3) is 12.0. The van der Waals surface area contributed by atoms with Gasteiger partial charge in [0.05, 0.1) is 6.42 Å². The van der Waals surface area contributed by atoms with Crippen molar-refractivity contribution in [2.24, 2.45) is 0 Å². The lowest BCUT2D eigenvalue weighted by molar-refractivity contribution is -0.156. The van der Waals surface area contributed by atoms with Gasteiger partial charge >= 0.3 is 12.1 Å². The van der Waals surface area contributed by atoms with E-state index in [1.54, 1.807) is 59.7 Å². The summed E-state index contributed by atoms with van der Waals surface area (Å²) < 4.78 is 10.6. The van der Waals surface area contributed by atoms with E-state index in [1.165, 1.54) is 0 Å². The molecule has 33 heavy (non-hydrogen) atoms. The Morgan fingerprint density at radius 1 is 0.970 bits per heavy atom. The number of alkyl halides is 2. The van der Waals surface area contributed by atoms with Gasteiger partial charge in [0.15, 0.2) is 0 Å². The van der Waals surface area contributed by atoms with Gasteiger partial charge in [-0.1, -0.05) is 6.07 Å². The number of benzene rings is 1. The normalized spacial score (nSPS) is 12.5. The molecule has 0 saturated carbocycles. The second-order valence-corrected chi connectivity index (χ2v) is 10.1. The van der Waals surface area contributed by atoms with E-state index >= 15 is 0 Å². The van der Waals surface area contributed by atoms with Gasteiger partial charge in [0.25, 0.3) is 0 Å². The van der Waals surface area contributed by atoms with Crippen molar-refractivity contribution in [3.8, 4) is 0 Å². The molecule has 0 aliphatic rings. The Kier molecular flexibility index (Phi) is 11.3. The number of rotatable bonds is 10. The fourth-order valence-corrected chi connectivity index (χ4v) is 3.20. The van der Waals surface area contributed by atoms with Crippen molar-refractivity contribution >= 4 is 52.5 Å². The molecule has 186 valence electrons. The van der Waals surface area contributed by atoms with Crippen LogP contribution in [0, 0.1) is 0 Å². The molecule has 0 fully saturated rings. The van der Waals surface area contributed by atoms with Crippen molar-refractivity contribution in [2.75, 3.05) is 35.1 Å². The van der Waals surface area contributed by atoms with Gasteiger partial charge < -0.3 is 25.0 Å². The lowest BCUT2D eigenvalue weighted by Crippen LogP contribution is -2.47. The molecule has 1 aromatic rings. The first kappa shape index (κ1) is 28.8. The predicted octanol–water partition coefficient (Wildman–Crippen LogP) is 4.53. The minimum absolute atomic E-state index is 0.355. The summed E-state index contributed by atoms with van der Waals surface area (Å²) in [6.07, 6.45) is -1.16. The lowest BCUT2D eigenvalue weighted by Gasteiger charge is -2.25. The molecule has 0 bridgehead atoms. The third-order valence-electron chi connectivity index (χ3n) is 3.99. The van der Waals surface area contributed by atoms with E-state index in [-0.39, 0.29) is 6.42 Å². The number of nitrogens with zero attached hydrogens (tertiary/aromatic N) is 1. The highest BCUT2D eigenvalue weighted by molar-refractivity contribution is 6.18. The maximum Gasteiger partial charge on any atom is 0.408 e. The number of alkyl carbamates (subject to hydrolysis) is 1. The fraction of sp³-hybridized carbons (Fsp3) is 0.609. The summed E-state index contributed by atoms with van der Waals surface area (Å²) in [5.74, 6) is -0.357. The summed E-state index contributed by atoms with van der Waals surface area (Å²) in [6.45, 7) is 11.5. The summed E-state index contributed by atoms with van der Waals surface area (Å²) >= 11 is 11.8.